The number of aryl methyl sites for hydroxylation is 4. The Morgan fingerprint density at radius 1 is 0.513 bits per heavy atom. The van der Waals surface area contributed by atoms with Crippen molar-refractivity contribution in [3.05, 3.63) is 119 Å². The number of hydrogen-bond donors (Lipinski definition) is 0. The van der Waals surface area contributed by atoms with Gasteiger partial charge in [-0.05, 0) is 74.2 Å². The molecular formula is C28H28O4P2S4Zn. The van der Waals surface area contributed by atoms with Gasteiger partial charge in [-0.2, -0.15) is 0 Å². The molecule has 0 N–H and O–H groups in total. The molecule has 2 atom stereocenters. The zero-order chi connectivity index (χ0) is 27.8. The van der Waals surface area contributed by atoms with Gasteiger partial charge >= 0.3 is 19.5 Å². The summed E-state index contributed by atoms with van der Waals surface area (Å²) < 4.78 is 11.0. The zero-order valence-corrected chi connectivity index (χ0v) is 30.1. The largest absolute Gasteiger partial charge is 2.00 e. The van der Waals surface area contributed by atoms with E-state index in [1.807, 2.05) is 113 Å². The van der Waals surface area contributed by atoms with Gasteiger partial charge in [-0.15, -0.1) is 0 Å². The summed E-state index contributed by atoms with van der Waals surface area (Å²) in [7, 11) is 0. The Balaban J connectivity index is 0.000000267. The molecule has 0 saturated heterocycles. The molecule has 4 nitrogen and oxygen atoms in total. The summed E-state index contributed by atoms with van der Waals surface area (Å²) in [6.07, 6.45) is 0. The maximum atomic E-state index is 12.4. The number of rotatable bonds is 8. The van der Waals surface area contributed by atoms with Crippen LogP contribution in [0, 0.1) is 27.7 Å². The summed E-state index contributed by atoms with van der Waals surface area (Å²) in [5.41, 5.74) is -2.43. The molecule has 2 unspecified atom stereocenters. The van der Waals surface area contributed by atoms with Crippen molar-refractivity contribution in [3.63, 3.8) is 0 Å². The first-order valence-corrected chi connectivity index (χ1v) is 19.7. The van der Waals surface area contributed by atoms with Crippen LogP contribution in [0.1, 0.15) is 22.3 Å². The van der Waals surface area contributed by atoms with Gasteiger partial charge in [0.2, 0.25) is 0 Å². The number of para-hydroxylation sites is 2. The molecule has 4 rings (SSSR count). The fourth-order valence-corrected chi connectivity index (χ4v) is 10.6. The van der Waals surface area contributed by atoms with Gasteiger partial charge in [-0.1, -0.05) is 119 Å². The van der Waals surface area contributed by atoms with E-state index in [0.29, 0.717) is 11.5 Å². The fourth-order valence-electron chi connectivity index (χ4n) is 3.15. The third-order valence-electron chi connectivity index (χ3n) is 5.21. The number of benzene rings is 4. The molecule has 0 fully saturated rings. The number of hydrogen-bond acceptors (Lipinski definition) is 8. The molecule has 0 aliphatic carbocycles. The maximum absolute atomic E-state index is 12.4. The van der Waals surface area contributed by atoms with E-state index in [9.17, 15) is 9.79 Å². The Kier molecular flexibility index (Phi) is 13.9. The molecule has 0 spiro atoms. The second-order valence-corrected chi connectivity index (χ2v) is 20.0. The van der Waals surface area contributed by atoms with E-state index < -0.39 is 11.4 Å². The average Bonchev–Trinajstić information content (AvgIpc) is 2.85. The summed E-state index contributed by atoms with van der Waals surface area (Å²) in [6.45, 7) is 7.74. The van der Waals surface area contributed by atoms with Crippen LogP contribution in [0.25, 0.3) is 0 Å². The van der Waals surface area contributed by atoms with Crippen molar-refractivity contribution in [3.8, 4) is 11.5 Å². The first-order valence-electron chi connectivity index (χ1n) is 11.6. The second-order valence-electron chi connectivity index (χ2n) is 8.32. The monoisotopic (exact) mass is 682 g/mol. The summed E-state index contributed by atoms with van der Waals surface area (Å²) in [6, 6.07) is 30.3. The first kappa shape index (κ1) is 34.2. The third-order valence-corrected chi connectivity index (χ3v) is 12.6. The molecule has 0 aliphatic rings. The summed E-state index contributed by atoms with van der Waals surface area (Å²) in [5, 5.41) is 0. The zero-order valence-electron chi connectivity index (χ0n) is 22.1. The standard InChI is InChI=1S/2C14H15O2PS2.Zn/c2*1-11-7-3-5-9-13(11)16-17(15,18)19-14-10-6-4-8-12(14)2;/h2*3-10H,1-2H3,(H,15,18);/q;;+2/p-2. The minimum absolute atomic E-state index is 0. The molecule has 0 bridgehead atoms. The molecular weight excluding hydrogens is 656 g/mol. The van der Waals surface area contributed by atoms with E-state index in [1.165, 1.54) is 0 Å². The van der Waals surface area contributed by atoms with Gasteiger partial charge in [0, 0.05) is 9.79 Å². The van der Waals surface area contributed by atoms with Gasteiger partial charge in [-0.3, -0.25) is 0 Å². The van der Waals surface area contributed by atoms with Crippen molar-refractivity contribution >= 4 is 57.8 Å². The SMILES string of the molecule is Cc1ccccc1OP([O-])(=S)Sc1ccccc1C.Cc1ccccc1OP([O-])(=S)Sc1ccccc1C.[Zn+2]. The molecule has 0 amide bonds. The molecule has 0 saturated carbocycles. The van der Waals surface area contributed by atoms with Gasteiger partial charge in [0.25, 0.3) is 0 Å². The van der Waals surface area contributed by atoms with E-state index in [-0.39, 0.29) is 19.5 Å². The average molecular weight is 684 g/mol. The topological polar surface area (TPSA) is 64.6 Å². The van der Waals surface area contributed by atoms with Crippen LogP contribution >= 0.6 is 34.2 Å². The Morgan fingerprint density at radius 2 is 0.795 bits per heavy atom. The second kappa shape index (κ2) is 15.9. The van der Waals surface area contributed by atoms with Gasteiger partial charge in [0.1, 0.15) is 22.9 Å². The minimum Gasteiger partial charge on any atom is -0.783 e. The summed E-state index contributed by atoms with van der Waals surface area (Å²) in [4.78, 5) is 26.6. The van der Waals surface area contributed by atoms with Gasteiger partial charge in [-0.25, -0.2) is 0 Å². The summed E-state index contributed by atoms with van der Waals surface area (Å²) in [5.74, 6) is 1.17. The molecule has 39 heavy (non-hydrogen) atoms. The Morgan fingerprint density at radius 3 is 1.10 bits per heavy atom. The van der Waals surface area contributed by atoms with E-state index in [4.69, 9.17) is 32.7 Å². The predicted molar refractivity (Wildman–Crippen MR) is 166 cm³/mol. The van der Waals surface area contributed by atoms with Crippen molar-refractivity contribution in [2.75, 3.05) is 0 Å². The van der Waals surface area contributed by atoms with Crippen molar-refractivity contribution in [1.29, 1.82) is 0 Å². The van der Waals surface area contributed by atoms with E-state index >= 15 is 0 Å². The van der Waals surface area contributed by atoms with Crippen LogP contribution in [0.5, 0.6) is 11.5 Å². The van der Waals surface area contributed by atoms with Crippen LogP contribution in [0.2, 0.25) is 0 Å². The van der Waals surface area contributed by atoms with Crippen LogP contribution in [0.4, 0.5) is 0 Å². The Bertz CT molecular complexity index is 1270. The molecule has 0 radical (unpaired) electrons. The maximum Gasteiger partial charge on any atom is 2.00 e. The van der Waals surface area contributed by atoms with Crippen LogP contribution in [0.3, 0.4) is 0 Å². The fraction of sp³-hybridized carbons (Fsp3) is 0.143. The molecule has 11 heteroatoms. The molecule has 0 aliphatic heterocycles. The Hall–Kier alpha value is -0.977. The molecule has 0 heterocycles. The summed E-state index contributed by atoms with van der Waals surface area (Å²) >= 11 is 12.5. The minimum atomic E-state index is -3.19. The van der Waals surface area contributed by atoms with Crippen LogP contribution < -0.4 is 18.8 Å². The van der Waals surface area contributed by atoms with Gasteiger partial charge in [0.15, 0.2) is 0 Å². The van der Waals surface area contributed by atoms with Crippen molar-refractivity contribution in [2.24, 2.45) is 0 Å². The Labute approximate surface area is 262 Å². The van der Waals surface area contributed by atoms with Crippen molar-refractivity contribution < 1.29 is 38.3 Å². The van der Waals surface area contributed by atoms with E-state index in [2.05, 4.69) is 0 Å². The van der Waals surface area contributed by atoms with Crippen LogP contribution in [-0.2, 0) is 43.1 Å². The predicted octanol–water partition coefficient (Wildman–Crippen LogP) is 8.12. The molecule has 4 aromatic carbocycles. The first-order chi connectivity index (χ1) is 18.0. The van der Waals surface area contributed by atoms with Crippen molar-refractivity contribution in [1.82, 2.24) is 0 Å². The normalized spacial score (nSPS) is 13.5. The van der Waals surface area contributed by atoms with Gasteiger partial charge in [0.05, 0.1) is 0 Å². The third kappa shape index (κ3) is 11.4. The van der Waals surface area contributed by atoms with Crippen LogP contribution in [-0.4, -0.2) is 0 Å². The van der Waals surface area contributed by atoms with Crippen LogP contribution in [0.15, 0.2) is 107 Å². The molecule has 200 valence electrons. The quantitative estimate of drug-likeness (QED) is 0.136. The van der Waals surface area contributed by atoms with Gasteiger partial charge < -0.3 is 18.8 Å². The smallest absolute Gasteiger partial charge is 0.783 e. The molecule has 4 aromatic rings. The van der Waals surface area contributed by atoms with Crippen molar-refractivity contribution in [2.45, 2.75) is 37.5 Å². The van der Waals surface area contributed by atoms with E-state index in [1.54, 1.807) is 12.1 Å². The van der Waals surface area contributed by atoms with E-state index in [0.717, 1.165) is 54.8 Å². The molecule has 0 aromatic heterocycles.